The van der Waals surface area contributed by atoms with Crippen LogP contribution in [0.4, 0.5) is 0 Å². The third-order valence-corrected chi connectivity index (χ3v) is 5.57. The van der Waals surface area contributed by atoms with Crippen molar-refractivity contribution in [1.29, 1.82) is 0 Å². The Kier molecular flexibility index (Phi) is 5.81. The molecule has 1 saturated carbocycles. The zero-order chi connectivity index (χ0) is 20.2. The first-order valence-electron chi connectivity index (χ1n) is 10.1. The van der Waals surface area contributed by atoms with Crippen molar-refractivity contribution in [1.82, 2.24) is 4.90 Å². The van der Waals surface area contributed by atoms with Crippen LogP contribution in [-0.4, -0.2) is 41.1 Å². The van der Waals surface area contributed by atoms with Gasteiger partial charge in [-0.2, -0.15) is 0 Å². The Labute approximate surface area is 170 Å². The van der Waals surface area contributed by atoms with Gasteiger partial charge in [-0.1, -0.05) is 31.0 Å². The van der Waals surface area contributed by atoms with Gasteiger partial charge in [0.05, 0.1) is 18.4 Å². The van der Waals surface area contributed by atoms with E-state index in [9.17, 15) is 14.7 Å². The number of benzene rings is 2. The molecule has 1 aliphatic heterocycles. The molecule has 0 radical (unpaired) electrons. The second-order valence-corrected chi connectivity index (χ2v) is 7.64. The number of likely N-dealkylation sites (tertiary alicyclic amines) is 1. The maximum absolute atomic E-state index is 12.5. The fourth-order valence-corrected chi connectivity index (χ4v) is 4.10. The van der Waals surface area contributed by atoms with Crippen LogP contribution in [0.1, 0.15) is 25.7 Å². The third kappa shape index (κ3) is 4.43. The standard InChI is InChI=1S/C23H25NO5/c25-16(14-24-22(26)20-8-4-5-9-21(20)23(24)27)15-28-17-10-12-19(13-11-17)29-18-6-2-1-3-7-18/h1-3,6-7,10-13,16,20-21,25H,4-5,8-9,14-15H2/t16-,20+,21+/m0/s1. The van der Waals surface area contributed by atoms with Gasteiger partial charge in [0.2, 0.25) is 11.8 Å². The molecular weight excluding hydrogens is 370 g/mol. The van der Waals surface area contributed by atoms with E-state index in [1.165, 1.54) is 4.90 Å². The number of rotatable bonds is 7. The van der Waals surface area contributed by atoms with Gasteiger partial charge in [0, 0.05) is 0 Å². The molecule has 6 nitrogen and oxygen atoms in total. The van der Waals surface area contributed by atoms with E-state index in [0.29, 0.717) is 11.5 Å². The monoisotopic (exact) mass is 395 g/mol. The van der Waals surface area contributed by atoms with Crippen LogP contribution in [0.2, 0.25) is 0 Å². The molecule has 0 aromatic heterocycles. The molecule has 2 aliphatic rings. The van der Waals surface area contributed by atoms with Gasteiger partial charge in [-0.3, -0.25) is 14.5 Å². The van der Waals surface area contributed by atoms with Gasteiger partial charge >= 0.3 is 0 Å². The lowest BCUT2D eigenvalue weighted by Crippen LogP contribution is -2.40. The van der Waals surface area contributed by atoms with E-state index in [-0.39, 0.29) is 36.8 Å². The number of aliphatic hydroxyl groups excluding tert-OH is 1. The van der Waals surface area contributed by atoms with E-state index >= 15 is 0 Å². The van der Waals surface area contributed by atoms with Crippen LogP contribution in [0.5, 0.6) is 17.2 Å². The van der Waals surface area contributed by atoms with Crippen LogP contribution >= 0.6 is 0 Å². The number of carbonyl (C=O) groups excluding carboxylic acids is 2. The molecule has 2 aromatic carbocycles. The smallest absolute Gasteiger partial charge is 0.233 e. The van der Waals surface area contributed by atoms with Crippen LogP contribution in [-0.2, 0) is 9.59 Å². The van der Waals surface area contributed by atoms with E-state index in [2.05, 4.69) is 0 Å². The second-order valence-electron chi connectivity index (χ2n) is 7.64. The minimum Gasteiger partial charge on any atom is -0.491 e. The predicted molar refractivity (Wildman–Crippen MR) is 107 cm³/mol. The van der Waals surface area contributed by atoms with Crippen LogP contribution in [0, 0.1) is 11.8 Å². The number of amides is 2. The van der Waals surface area contributed by atoms with Gasteiger partial charge in [-0.15, -0.1) is 0 Å². The summed E-state index contributed by atoms with van der Waals surface area (Å²) < 4.78 is 11.3. The van der Waals surface area contributed by atoms with Crippen molar-refractivity contribution in [2.45, 2.75) is 31.8 Å². The van der Waals surface area contributed by atoms with Crippen molar-refractivity contribution in [3.63, 3.8) is 0 Å². The lowest BCUT2D eigenvalue weighted by molar-refractivity contribution is -0.141. The molecule has 0 spiro atoms. The Morgan fingerprint density at radius 1 is 0.862 bits per heavy atom. The minimum absolute atomic E-state index is 0.00524. The van der Waals surface area contributed by atoms with Crippen molar-refractivity contribution in [2.75, 3.05) is 13.2 Å². The number of imide groups is 1. The lowest BCUT2D eigenvalue weighted by Gasteiger charge is -2.19. The molecular formula is C23H25NO5. The molecule has 1 N–H and O–H groups in total. The van der Waals surface area contributed by atoms with Crippen LogP contribution in [0.25, 0.3) is 0 Å². The third-order valence-electron chi connectivity index (χ3n) is 5.57. The van der Waals surface area contributed by atoms with Crippen molar-refractivity contribution in [2.24, 2.45) is 11.8 Å². The van der Waals surface area contributed by atoms with E-state index in [1.807, 2.05) is 30.3 Å². The summed E-state index contributed by atoms with van der Waals surface area (Å²) in [5.74, 6) is 1.35. The van der Waals surface area contributed by atoms with Crippen LogP contribution in [0.15, 0.2) is 54.6 Å². The number of fused-ring (bicyclic) bond motifs is 1. The number of carbonyl (C=O) groups is 2. The van der Waals surface area contributed by atoms with Crippen molar-refractivity contribution in [3.8, 4) is 17.2 Å². The van der Waals surface area contributed by atoms with E-state index in [1.54, 1.807) is 24.3 Å². The highest BCUT2D eigenvalue weighted by molar-refractivity contribution is 6.05. The Bertz CT molecular complexity index is 827. The zero-order valence-corrected chi connectivity index (χ0v) is 16.2. The molecule has 29 heavy (non-hydrogen) atoms. The largest absolute Gasteiger partial charge is 0.491 e. The molecule has 2 aromatic rings. The summed E-state index contributed by atoms with van der Waals surface area (Å²) in [4.78, 5) is 26.2. The number of nitrogens with zero attached hydrogens (tertiary/aromatic N) is 1. The van der Waals surface area contributed by atoms with E-state index in [0.717, 1.165) is 31.4 Å². The molecule has 0 unspecified atom stereocenters. The molecule has 0 bridgehead atoms. The zero-order valence-electron chi connectivity index (χ0n) is 16.2. The Morgan fingerprint density at radius 3 is 2.03 bits per heavy atom. The number of hydrogen-bond donors (Lipinski definition) is 1. The molecule has 2 fully saturated rings. The van der Waals surface area contributed by atoms with Crippen LogP contribution < -0.4 is 9.47 Å². The summed E-state index contributed by atoms with van der Waals surface area (Å²) in [6.45, 7) is -0.00878. The predicted octanol–water partition coefficient (Wildman–Crippen LogP) is 3.39. The molecule has 152 valence electrons. The van der Waals surface area contributed by atoms with Gasteiger partial charge in [-0.25, -0.2) is 0 Å². The molecule has 1 aliphatic carbocycles. The first-order valence-corrected chi connectivity index (χ1v) is 10.1. The topological polar surface area (TPSA) is 76.1 Å². The summed E-state index contributed by atoms with van der Waals surface area (Å²) >= 11 is 0. The summed E-state index contributed by atoms with van der Waals surface area (Å²) in [6, 6.07) is 16.6. The number of β-amino-alcohol motifs (C(OH)–C–C–N with tert-alkyl or cyclic N) is 1. The van der Waals surface area contributed by atoms with Crippen molar-refractivity contribution in [3.05, 3.63) is 54.6 Å². The molecule has 1 heterocycles. The fraction of sp³-hybridized carbons (Fsp3) is 0.391. The molecule has 6 heteroatoms. The summed E-state index contributed by atoms with van der Waals surface area (Å²) in [6.07, 6.45) is 2.60. The van der Waals surface area contributed by atoms with Gasteiger partial charge in [-0.05, 0) is 49.2 Å². The average Bonchev–Trinajstić information content (AvgIpc) is 2.99. The average molecular weight is 395 g/mol. The number of aliphatic hydroxyl groups is 1. The fourth-order valence-electron chi connectivity index (χ4n) is 4.10. The summed E-state index contributed by atoms with van der Waals surface area (Å²) in [7, 11) is 0. The van der Waals surface area contributed by atoms with Gasteiger partial charge in [0.15, 0.2) is 0 Å². The normalized spacial score (nSPS) is 22.3. The highest BCUT2D eigenvalue weighted by Gasteiger charge is 2.48. The first-order chi connectivity index (χ1) is 14.1. The van der Waals surface area contributed by atoms with Crippen LogP contribution in [0.3, 0.4) is 0 Å². The Hall–Kier alpha value is -2.86. The highest BCUT2D eigenvalue weighted by Crippen LogP contribution is 2.38. The van der Waals surface area contributed by atoms with Gasteiger partial charge in [0.25, 0.3) is 0 Å². The van der Waals surface area contributed by atoms with Gasteiger partial charge in [0.1, 0.15) is 30.0 Å². The maximum Gasteiger partial charge on any atom is 0.233 e. The Balaban J connectivity index is 1.28. The highest BCUT2D eigenvalue weighted by atomic mass is 16.5. The van der Waals surface area contributed by atoms with Gasteiger partial charge < -0.3 is 14.6 Å². The van der Waals surface area contributed by atoms with E-state index < -0.39 is 6.10 Å². The van der Waals surface area contributed by atoms with Crippen molar-refractivity contribution >= 4 is 11.8 Å². The lowest BCUT2D eigenvalue weighted by atomic mass is 9.81. The van der Waals surface area contributed by atoms with E-state index in [4.69, 9.17) is 9.47 Å². The SMILES string of the molecule is O=C1[C@@H]2CCCC[C@H]2C(=O)N1C[C@H](O)COc1ccc(Oc2ccccc2)cc1. The first kappa shape index (κ1) is 19.5. The number of ether oxygens (including phenoxy) is 2. The number of hydrogen-bond acceptors (Lipinski definition) is 5. The molecule has 3 atom stereocenters. The Morgan fingerprint density at radius 2 is 1.41 bits per heavy atom. The second kappa shape index (κ2) is 8.66. The number of para-hydroxylation sites is 1. The minimum atomic E-state index is -0.928. The molecule has 2 amide bonds. The maximum atomic E-state index is 12.5. The summed E-state index contributed by atoms with van der Waals surface area (Å²) in [5.41, 5.74) is 0. The molecule has 1 saturated heterocycles. The van der Waals surface area contributed by atoms with Crippen molar-refractivity contribution < 1.29 is 24.2 Å². The summed E-state index contributed by atoms with van der Waals surface area (Å²) in [5, 5.41) is 10.3. The molecule has 4 rings (SSSR count). The quantitative estimate of drug-likeness (QED) is 0.728.